The van der Waals surface area contributed by atoms with Crippen LogP contribution in [0, 0.1) is 11.7 Å². The van der Waals surface area contributed by atoms with Gasteiger partial charge in [0, 0.05) is 30.7 Å². The first kappa shape index (κ1) is 16.5. The van der Waals surface area contributed by atoms with E-state index in [1.54, 1.807) is 10.6 Å². The van der Waals surface area contributed by atoms with E-state index in [-0.39, 0.29) is 17.0 Å². The maximum Gasteiger partial charge on any atom is 0.341 e. The number of halogens is 1. The van der Waals surface area contributed by atoms with Crippen LogP contribution in [0.25, 0.3) is 10.9 Å². The summed E-state index contributed by atoms with van der Waals surface area (Å²) in [6, 6.07) is 2.80. The van der Waals surface area contributed by atoms with Crippen LogP contribution in [0.3, 0.4) is 0 Å². The second-order valence-corrected chi connectivity index (χ2v) is 6.84. The first-order chi connectivity index (χ1) is 11.3. The van der Waals surface area contributed by atoms with Gasteiger partial charge in [-0.15, -0.1) is 0 Å². The zero-order valence-electron chi connectivity index (χ0n) is 14.0. The minimum absolute atomic E-state index is 0.0537. The topological polar surface area (TPSA) is 62.5 Å². The standard InChI is InChI=1S/C18H21FN2O3/c1-10(2)21-9-13(18(23)24)17(22)12-6-14(19)16(7-15(12)21)20-5-4-11(3)8-20/h6-7,9-11H,4-5,8H2,1-3H3,(H,23,24). The number of aromatic carboxylic acids is 1. The average molecular weight is 332 g/mol. The lowest BCUT2D eigenvalue weighted by Gasteiger charge is -2.22. The van der Waals surface area contributed by atoms with Gasteiger partial charge in [0.1, 0.15) is 11.4 Å². The normalized spacial score (nSPS) is 17.9. The molecule has 0 amide bonds. The van der Waals surface area contributed by atoms with Gasteiger partial charge in [0.05, 0.1) is 11.2 Å². The molecule has 2 heterocycles. The van der Waals surface area contributed by atoms with E-state index in [9.17, 15) is 19.1 Å². The van der Waals surface area contributed by atoms with Crippen LogP contribution in [0.15, 0.2) is 23.1 Å². The SMILES string of the molecule is CC1CCN(c2cc3c(cc2F)c(=O)c(C(=O)O)cn3C(C)C)C1. The van der Waals surface area contributed by atoms with Gasteiger partial charge < -0.3 is 14.6 Å². The third-order valence-corrected chi connectivity index (χ3v) is 4.65. The third kappa shape index (κ3) is 2.66. The first-order valence-corrected chi connectivity index (χ1v) is 8.16. The van der Waals surface area contributed by atoms with Gasteiger partial charge in [0.25, 0.3) is 0 Å². The fourth-order valence-corrected chi connectivity index (χ4v) is 3.33. The van der Waals surface area contributed by atoms with Crippen LogP contribution >= 0.6 is 0 Å². The Kier molecular flexibility index (Phi) is 4.07. The average Bonchev–Trinajstić information content (AvgIpc) is 2.93. The molecule has 0 bridgehead atoms. The molecule has 1 aromatic carbocycles. The van der Waals surface area contributed by atoms with Gasteiger partial charge in [-0.3, -0.25) is 4.79 Å². The van der Waals surface area contributed by atoms with Crippen molar-refractivity contribution >= 4 is 22.6 Å². The Hall–Kier alpha value is -2.37. The van der Waals surface area contributed by atoms with Crippen LogP contribution < -0.4 is 10.3 Å². The molecule has 5 nitrogen and oxygen atoms in total. The van der Waals surface area contributed by atoms with Crippen molar-refractivity contribution in [3.8, 4) is 0 Å². The number of hydrogen-bond donors (Lipinski definition) is 1. The largest absolute Gasteiger partial charge is 0.477 e. The van der Waals surface area contributed by atoms with Crippen LogP contribution in [0.4, 0.5) is 10.1 Å². The number of pyridine rings is 1. The van der Waals surface area contributed by atoms with Gasteiger partial charge in [0.2, 0.25) is 5.43 Å². The van der Waals surface area contributed by atoms with Crippen LogP contribution in [0.5, 0.6) is 0 Å². The van der Waals surface area contributed by atoms with Crippen molar-refractivity contribution in [3.63, 3.8) is 0 Å². The number of hydrogen-bond acceptors (Lipinski definition) is 3. The molecule has 6 heteroatoms. The number of carbonyl (C=O) groups is 1. The summed E-state index contributed by atoms with van der Waals surface area (Å²) < 4.78 is 16.3. The van der Waals surface area contributed by atoms with E-state index < -0.39 is 17.2 Å². The molecule has 1 atom stereocenters. The van der Waals surface area contributed by atoms with Crippen molar-refractivity contribution in [3.05, 3.63) is 39.9 Å². The molecule has 128 valence electrons. The van der Waals surface area contributed by atoms with E-state index in [1.807, 2.05) is 18.7 Å². The van der Waals surface area contributed by atoms with E-state index in [0.29, 0.717) is 17.1 Å². The summed E-state index contributed by atoms with van der Waals surface area (Å²) >= 11 is 0. The summed E-state index contributed by atoms with van der Waals surface area (Å²) in [6.07, 6.45) is 2.36. The van der Waals surface area contributed by atoms with Crippen molar-refractivity contribution in [2.24, 2.45) is 5.92 Å². The van der Waals surface area contributed by atoms with E-state index in [4.69, 9.17) is 0 Å². The molecule has 24 heavy (non-hydrogen) atoms. The molecule has 0 saturated carbocycles. The molecular weight excluding hydrogens is 311 g/mol. The Morgan fingerprint density at radius 1 is 1.38 bits per heavy atom. The summed E-state index contributed by atoms with van der Waals surface area (Å²) in [5, 5.41) is 9.35. The molecule has 3 rings (SSSR count). The van der Waals surface area contributed by atoms with Gasteiger partial charge in [-0.2, -0.15) is 0 Å². The fourth-order valence-electron chi connectivity index (χ4n) is 3.33. The fraction of sp³-hybridized carbons (Fsp3) is 0.444. The number of carboxylic acids is 1. The van der Waals surface area contributed by atoms with Gasteiger partial charge in [-0.05, 0) is 38.3 Å². The predicted molar refractivity (Wildman–Crippen MR) is 91.5 cm³/mol. The van der Waals surface area contributed by atoms with E-state index in [1.165, 1.54) is 12.3 Å². The Morgan fingerprint density at radius 3 is 2.62 bits per heavy atom. The summed E-state index contributed by atoms with van der Waals surface area (Å²) in [4.78, 5) is 25.7. The minimum Gasteiger partial charge on any atom is -0.477 e. The van der Waals surface area contributed by atoms with Crippen LogP contribution in [0.1, 0.15) is 43.6 Å². The third-order valence-electron chi connectivity index (χ3n) is 4.65. The minimum atomic E-state index is -1.30. The molecule has 1 aliphatic heterocycles. The van der Waals surface area contributed by atoms with E-state index in [0.717, 1.165) is 19.5 Å². The molecule has 1 saturated heterocycles. The molecule has 1 fully saturated rings. The molecule has 1 aromatic heterocycles. The highest BCUT2D eigenvalue weighted by atomic mass is 19.1. The van der Waals surface area contributed by atoms with Gasteiger partial charge in [-0.1, -0.05) is 6.92 Å². The molecule has 0 aliphatic carbocycles. The highest BCUT2D eigenvalue weighted by Crippen LogP contribution is 2.30. The number of aromatic nitrogens is 1. The lowest BCUT2D eigenvalue weighted by Crippen LogP contribution is -2.23. The summed E-state index contributed by atoms with van der Waals surface area (Å²) in [6.45, 7) is 7.49. The van der Waals surface area contributed by atoms with Gasteiger partial charge in [-0.25, -0.2) is 9.18 Å². The number of rotatable bonds is 3. The molecular formula is C18H21FN2O3. The van der Waals surface area contributed by atoms with Crippen molar-refractivity contribution < 1.29 is 14.3 Å². The molecule has 2 aromatic rings. The summed E-state index contributed by atoms with van der Waals surface area (Å²) in [5.74, 6) is -1.28. The summed E-state index contributed by atoms with van der Waals surface area (Å²) in [7, 11) is 0. The van der Waals surface area contributed by atoms with Gasteiger partial charge in [0.15, 0.2) is 0 Å². The smallest absolute Gasteiger partial charge is 0.341 e. The van der Waals surface area contributed by atoms with E-state index >= 15 is 0 Å². The van der Waals surface area contributed by atoms with Crippen molar-refractivity contribution in [2.75, 3.05) is 18.0 Å². The van der Waals surface area contributed by atoms with E-state index in [2.05, 4.69) is 6.92 Å². The second-order valence-electron chi connectivity index (χ2n) is 6.84. The Balaban J connectivity index is 2.29. The zero-order chi connectivity index (χ0) is 17.6. The van der Waals surface area contributed by atoms with Crippen molar-refractivity contribution in [1.82, 2.24) is 4.57 Å². The van der Waals surface area contributed by atoms with Gasteiger partial charge >= 0.3 is 5.97 Å². The lowest BCUT2D eigenvalue weighted by molar-refractivity contribution is 0.0694. The molecule has 1 unspecified atom stereocenters. The van der Waals surface area contributed by atoms with Crippen LogP contribution in [-0.4, -0.2) is 28.7 Å². The Bertz CT molecular complexity index is 873. The Labute approximate surface area is 139 Å². The quantitative estimate of drug-likeness (QED) is 0.937. The first-order valence-electron chi connectivity index (χ1n) is 8.16. The molecule has 0 radical (unpaired) electrons. The van der Waals surface area contributed by atoms with Crippen molar-refractivity contribution in [1.29, 1.82) is 0 Å². The molecule has 0 spiro atoms. The lowest BCUT2D eigenvalue weighted by atomic mass is 10.1. The second kappa shape index (κ2) is 5.92. The highest BCUT2D eigenvalue weighted by molar-refractivity contribution is 5.93. The number of nitrogens with zero attached hydrogens (tertiary/aromatic N) is 2. The Morgan fingerprint density at radius 2 is 2.08 bits per heavy atom. The summed E-state index contributed by atoms with van der Waals surface area (Å²) in [5.41, 5.74) is 0.0625. The van der Waals surface area contributed by atoms with Crippen LogP contribution in [0.2, 0.25) is 0 Å². The number of benzene rings is 1. The number of carboxylic acid groups (broad SMARTS) is 1. The number of fused-ring (bicyclic) bond motifs is 1. The molecule has 1 aliphatic rings. The molecule has 1 N–H and O–H groups in total. The monoisotopic (exact) mass is 332 g/mol. The van der Waals surface area contributed by atoms with Crippen LogP contribution in [-0.2, 0) is 0 Å². The van der Waals surface area contributed by atoms with Crippen molar-refractivity contribution in [2.45, 2.75) is 33.2 Å². The predicted octanol–water partition coefficient (Wildman–Crippen LogP) is 3.27. The zero-order valence-corrected chi connectivity index (χ0v) is 14.0. The highest BCUT2D eigenvalue weighted by Gasteiger charge is 2.24. The number of anilines is 1. The maximum absolute atomic E-state index is 14.6. The maximum atomic E-state index is 14.6.